The quantitative estimate of drug-likeness (QED) is 0.782. The van der Waals surface area contributed by atoms with E-state index < -0.39 is 0 Å². The van der Waals surface area contributed by atoms with Gasteiger partial charge < -0.3 is 10.3 Å². The molecule has 0 aliphatic carbocycles. The van der Waals surface area contributed by atoms with E-state index in [1.54, 1.807) is 12.4 Å². The van der Waals surface area contributed by atoms with Crippen LogP contribution in [-0.4, -0.2) is 16.1 Å². The molecule has 0 aliphatic heterocycles. The topological polar surface area (TPSA) is 43.8 Å². The van der Waals surface area contributed by atoms with Gasteiger partial charge in [-0.3, -0.25) is 4.98 Å². The summed E-state index contributed by atoms with van der Waals surface area (Å²) in [7, 11) is 0. The van der Waals surface area contributed by atoms with Gasteiger partial charge in [-0.05, 0) is 42.6 Å². The second-order valence-corrected chi connectivity index (χ2v) is 5.57. The molecule has 0 saturated heterocycles. The van der Waals surface area contributed by atoms with E-state index in [2.05, 4.69) is 40.0 Å². The zero-order chi connectivity index (χ0) is 14.7. The number of fused-ring (bicyclic) bond motifs is 1. The van der Waals surface area contributed by atoms with Crippen LogP contribution >= 0.6 is 11.6 Å². The molecule has 0 atom stereocenters. The van der Waals surface area contributed by atoms with Crippen molar-refractivity contribution in [3.63, 3.8) is 0 Å². The minimum Gasteiger partial charge on any atom is -0.343 e. The summed E-state index contributed by atoms with van der Waals surface area (Å²) in [5.74, 6) is 0. The molecule has 3 aromatic rings. The van der Waals surface area contributed by atoms with Gasteiger partial charge in [-0.2, -0.15) is 0 Å². The molecule has 0 spiro atoms. The smallest absolute Gasteiger partial charge is 0.0639 e. The van der Waals surface area contributed by atoms with Gasteiger partial charge >= 0.3 is 0 Å². The second kappa shape index (κ2) is 6.29. The number of pyridine rings is 1. The SMILES string of the molecule is NCCCc1cn(Cc2ccncc2Cl)c2ccccc12. The second-order valence-electron chi connectivity index (χ2n) is 5.16. The van der Waals surface area contributed by atoms with Gasteiger partial charge in [-0.25, -0.2) is 0 Å². The molecule has 2 N–H and O–H groups in total. The zero-order valence-electron chi connectivity index (χ0n) is 11.8. The predicted molar refractivity (Wildman–Crippen MR) is 87.7 cm³/mol. The number of nitrogens with two attached hydrogens (primary N) is 1. The fraction of sp³-hybridized carbons (Fsp3) is 0.235. The molecule has 4 heteroatoms. The number of hydrogen-bond donors (Lipinski definition) is 1. The average molecular weight is 300 g/mol. The minimum atomic E-state index is 0.707. The normalized spacial score (nSPS) is 11.1. The Morgan fingerprint density at radius 1 is 1.14 bits per heavy atom. The summed E-state index contributed by atoms with van der Waals surface area (Å²) < 4.78 is 2.25. The Hall–Kier alpha value is -1.84. The highest BCUT2D eigenvalue weighted by atomic mass is 35.5. The molecule has 2 aromatic heterocycles. The molecule has 0 saturated carbocycles. The number of para-hydroxylation sites is 1. The van der Waals surface area contributed by atoms with Crippen molar-refractivity contribution >= 4 is 22.5 Å². The molecule has 0 fully saturated rings. The van der Waals surface area contributed by atoms with Gasteiger partial charge in [-0.15, -0.1) is 0 Å². The fourth-order valence-electron chi connectivity index (χ4n) is 2.66. The maximum Gasteiger partial charge on any atom is 0.0639 e. The van der Waals surface area contributed by atoms with Crippen molar-refractivity contribution in [1.29, 1.82) is 0 Å². The lowest BCUT2D eigenvalue weighted by molar-refractivity contribution is 0.805. The van der Waals surface area contributed by atoms with Crippen molar-refractivity contribution in [3.05, 3.63) is 65.1 Å². The highest BCUT2D eigenvalue weighted by Crippen LogP contribution is 2.24. The van der Waals surface area contributed by atoms with E-state index in [1.807, 2.05) is 6.07 Å². The number of hydrogen-bond acceptors (Lipinski definition) is 2. The number of rotatable bonds is 5. The monoisotopic (exact) mass is 299 g/mol. The van der Waals surface area contributed by atoms with Crippen molar-refractivity contribution < 1.29 is 0 Å². The molecule has 3 rings (SSSR count). The van der Waals surface area contributed by atoms with Crippen molar-refractivity contribution in [2.24, 2.45) is 5.73 Å². The van der Waals surface area contributed by atoms with Crippen LogP contribution in [0.15, 0.2) is 48.9 Å². The number of aromatic nitrogens is 2. The van der Waals surface area contributed by atoms with Gasteiger partial charge in [0.15, 0.2) is 0 Å². The Balaban J connectivity index is 2.00. The van der Waals surface area contributed by atoms with E-state index in [9.17, 15) is 0 Å². The number of aryl methyl sites for hydroxylation is 1. The molecule has 21 heavy (non-hydrogen) atoms. The highest BCUT2D eigenvalue weighted by Gasteiger charge is 2.09. The molecular formula is C17H18ClN3. The summed E-state index contributed by atoms with van der Waals surface area (Å²) in [6, 6.07) is 10.4. The molecular weight excluding hydrogens is 282 g/mol. The van der Waals surface area contributed by atoms with E-state index in [4.69, 9.17) is 17.3 Å². The maximum absolute atomic E-state index is 6.22. The lowest BCUT2D eigenvalue weighted by Crippen LogP contribution is -2.00. The van der Waals surface area contributed by atoms with Gasteiger partial charge in [-0.1, -0.05) is 29.8 Å². The first-order valence-corrected chi connectivity index (χ1v) is 7.52. The molecule has 2 heterocycles. The summed E-state index contributed by atoms with van der Waals surface area (Å²) in [4.78, 5) is 4.04. The molecule has 3 nitrogen and oxygen atoms in total. The zero-order valence-corrected chi connectivity index (χ0v) is 12.6. The summed E-state index contributed by atoms with van der Waals surface area (Å²) in [5.41, 5.74) is 9.30. The first kappa shape index (κ1) is 14.1. The minimum absolute atomic E-state index is 0.707. The van der Waals surface area contributed by atoms with Gasteiger partial charge in [0.2, 0.25) is 0 Å². The van der Waals surface area contributed by atoms with Gasteiger partial charge in [0, 0.05) is 36.0 Å². The number of nitrogens with zero attached hydrogens (tertiary/aromatic N) is 2. The van der Waals surface area contributed by atoms with Crippen LogP contribution in [0.25, 0.3) is 10.9 Å². The lowest BCUT2D eigenvalue weighted by atomic mass is 10.1. The van der Waals surface area contributed by atoms with E-state index >= 15 is 0 Å². The van der Waals surface area contributed by atoms with E-state index in [1.165, 1.54) is 16.5 Å². The van der Waals surface area contributed by atoms with Crippen LogP contribution in [0.4, 0.5) is 0 Å². The Bertz CT molecular complexity index is 749. The van der Waals surface area contributed by atoms with Crippen LogP contribution in [0.5, 0.6) is 0 Å². The fourth-order valence-corrected chi connectivity index (χ4v) is 2.84. The maximum atomic E-state index is 6.22. The summed E-state index contributed by atoms with van der Waals surface area (Å²) in [6.45, 7) is 1.47. The van der Waals surface area contributed by atoms with Crippen molar-refractivity contribution in [2.75, 3.05) is 6.54 Å². The first-order valence-electron chi connectivity index (χ1n) is 7.15. The predicted octanol–water partition coefficient (Wildman–Crippen LogP) is 3.63. The van der Waals surface area contributed by atoms with E-state index in [-0.39, 0.29) is 0 Å². The lowest BCUT2D eigenvalue weighted by Gasteiger charge is -2.06. The molecule has 1 aromatic carbocycles. The van der Waals surface area contributed by atoms with Crippen molar-refractivity contribution in [3.8, 4) is 0 Å². The van der Waals surface area contributed by atoms with Gasteiger partial charge in [0.1, 0.15) is 0 Å². The summed E-state index contributed by atoms with van der Waals surface area (Å²) >= 11 is 6.22. The Morgan fingerprint density at radius 3 is 2.81 bits per heavy atom. The van der Waals surface area contributed by atoms with E-state index in [0.717, 1.165) is 31.5 Å². The van der Waals surface area contributed by atoms with Gasteiger partial charge in [0.25, 0.3) is 0 Å². The molecule has 0 bridgehead atoms. The molecule has 0 aliphatic rings. The first-order chi connectivity index (χ1) is 10.3. The van der Waals surface area contributed by atoms with Crippen molar-refractivity contribution in [1.82, 2.24) is 9.55 Å². The van der Waals surface area contributed by atoms with Crippen LogP contribution < -0.4 is 5.73 Å². The largest absolute Gasteiger partial charge is 0.343 e. The standard InChI is InChI=1S/C17H18ClN3/c18-16-10-20-9-7-14(16)12-21-11-13(4-3-8-19)15-5-1-2-6-17(15)21/h1-2,5-7,9-11H,3-4,8,12,19H2. The summed E-state index contributed by atoms with van der Waals surface area (Å²) in [6.07, 6.45) is 7.70. The number of benzene rings is 1. The summed E-state index contributed by atoms with van der Waals surface area (Å²) in [5, 5.41) is 2.01. The Kier molecular flexibility index (Phi) is 4.23. The van der Waals surface area contributed by atoms with Crippen LogP contribution in [0.2, 0.25) is 5.02 Å². The molecule has 108 valence electrons. The molecule has 0 radical (unpaired) electrons. The third-order valence-corrected chi connectivity index (χ3v) is 4.06. The van der Waals surface area contributed by atoms with Crippen LogP contribution in [0, 0.1) is 0 Å². The Morgan fingerprint density at radius 2 is 2.00 bits per heavy atom. The molecule has 0 unspecified atom stereocenters. The van der Waals surface area contributed by atoms with E-state index in [0.29, 0.717) is 5.02 Å². The van der Waals surface area contributed by atoms with Crippen LogP contribution in [0.3, 0.4) is 0 Å². The third-order valence-electron chi connectivity index (χ3n) is 3.72. The van der Waals surface area contributed by atoms with Crippen LogP contribution in [0.1, 0.15) is 17.5 Å². The van der Waals surface area contributed by atoms with Crippen LogP contribution in [-0.2, 0) is 13.0 Å². The Labute approximate surface area is 129 Å². The highest BCUT2D eigenvalue weighted by molar-refractivity contribution is 6.31. The molecule has 0 amide bonds. The third kappa shape index (κ3) is 2.94. The average Bonchev–Trinajstić information content (AvgIpc) is 2.86. The van der Waals surface area contributed by atoms with Gasteiger partial charge in [0.05, 0.1) is 5.02 Å². The van der Waals surface area contributed by atoms with Crippen molar-refractivity contribution in [2.45, 2.75) is 19.4 Å². The number of halogens is 1.